The van der Waals surface area contributed by atoms with Crippen molar-refractivity contribution in [3.8, 4) is 0 Å². The summed E-state index contributed by atoms with van der Waals surface area (Å²) in [7, 11) is -3.32. The summed E-state index contributed by atoms with van der Waals surface area (Å²) in [5.74, 6) is 0. The summed E-state index contributed by atoms with van der Waals surface area (Å²) in [5, 5.41) is 4.26. The van der Waals surface area contributed by atoms with Gasteiger partial charge >= 0.3 is 0 Å². The van der Waals surface area contributed by atoms with E-state index in [2.05, 4.69) is 5.29 Å². The zero-order valence-electron chi connectivity index (χ0n) is 10.5. The minimum Gasteiger partial charge on any atom is -0.224 e. The zero-order chi connectivity index (χ0) is 14.3. The summed E-state index contributed by atoms with van der Waals surface area (Å²) in [4.78, 5) is 13.0. The molecular weight excluding hydrogens is 296 g/mol. The van der Waals surface area contributed by atoms with Gasteiger partial charge in [0.1, 0.15) is 0 Å². The van der Waals surface area contributed by atoms with Crippen molar-refractivity contribution in [2.75, 3.05) is 11.3 Å². The molecule has 0 bridgehead atoms. The van der Waals surface area contributed by atoms with Crippen LogP contribution in [0.2, 0.25) is 0 Å². The Morgan fingerprint density at radius 2 is 1.75 bits per heavy atom. The normalized spacial score (nSPS) is 13.6. The molecule has 0 unspecified atom stereocenters. The molecule has 2 aromatic rings. The molecule has 0 amide bonds. The number of hydrogen-bond donors (Lipinski definition) is 0. The fourth-order valence-electron chi connectivity index (χ4n) is 2.03. The summed E-state index contributed by atoms with van der Waals surface area (Å²) in [6.07, 6.45) is 1.14. The van der Waals surface area contributed by atoms with E-state index in [1.807, 2.05) is 18.2 Å². The van der Waals surface area contributed by atoms with Gasteiger partial charge in [-0.05, 0) is 30.3 Å². The fraction of sp³-hybridized carbons (Fsp3) is 0.0769. The van der Waals surface area contributed by atoms with Gasteiger partial charge in [0.05, 0.1) is 21.6 Å². The first-order valence-electron chi connectivity index (χ1n) is 5.75. The molecule has 0 radical (unpaired) electrons. The summed E-state index contributed by atoms with van der Waals surface area (Å²) in [6.45, 7) is 0. The molecule has 1 aliphatic rings. The van der Waals surface area contributed by atoms with E-state index >= 15 is 0 Å². The van der Waals surface area contributed by atoms with Crippen molar-refractivity contribution in [3.05, 3.63) is 47.4 Å². The van der Waals surface area contributed by atoms with Crippen LogP contribution in [0.4, 0.5) is 11.4 Å². The number of sulfone groups is 1. The van der Waals surface area contributed by atoms with Gasteiger partial charge in [-0.25, -0.2) is 8.42 Å². The van der Waals surface area contributed by atoms with Crippen molar-refractivity contribution in [2.24, 2.45) is 5.29 Å². The highest BCUT2D eigenvalue weighted by Gasteiger charge is 2.25. The van der Waals surface area contributed by atoms with E-state index in [0.717, 1.165) is 16.0 Å². The van der Waals surface area contributed by atoms with Crippen LogP contribution >= 0.6 is 11.8 Å². The number of para-hydroxylation sites is 1. The van der Waals surface area contributed by atoms with Crippen molar-refractivity contribution in [1.29, 1.82) is 0 Å². The van der Waals surface area contributed by atoms with Crippen molar-refractivity contribution in [2.45, 2.75) is 14.7 Å². The smallest absolute Gasteiger partial charge is 0.175 e. The first-order valence-corrected chi connectivity index (χ1v) is 8.46. The SMILES string of the molecule is CS(=O)(=O)c1ccc2c(c1)N(N=O)c1ccccc1S2. The largest absolute Gasteiger partial charge is 0.224 e. The second-order valence-electron chi connectivity index (χ2n) is 4.36. The van der Waals surface area contributed by atoms with Gasteiger partial charge in [0, 0.05) is 16.0 Å². The number of nitroso groups, excluding NO2 is 1. The highest BCUT2D eigenvalue weighted by Crippen LogP contribution is 2.48. The van der Waals surface area contributed by atoms with Crippen LogP contribution in [-0.4, -0.2) is 14.7 Å². The topological polar surface area (TPSA) is 66.8 Å². The van der Waals surface area contributed by atoms with Crippen LogP contribution in [0.25, 0.3) is 0 Å². The Balaban J connectivity index is 2.21. The van der Waals surface area contributed by atoms with E-state index in [9.17, 15) is 13.3 Å². The lowest BCUT2D eigenvalue weighted by Gasteiger charge is -2.26. The maximum atomic E-state index is 11.6. The molecule has 0 aromatic heterocycles. The van der Waals surface area contributed by atoms with E-state index in [4.69, 9.17) is 0 Å². The average Bonchev–Trinajstić information content (AvgIpc) is 2.43. The van der Waals surface area contributed by atoms with Gasteiger partial charge in [0.25, 0.3) is 0 Å². The zero-order valence-corrected chi connectivity index (χ0v) is 12.1. The third-order valence-electron chi connectivity index (χ3n) is 2.98. The third kappa shape index (κ3) is 2.08. The molecule has 0 aliphatic carbocycles. The van der Waals surface area contributed by atoms with Crippen molar-refractivity contribution < 1.29 is 8.42 Å². The van der Waals surface area contributed by atoms with Crippen LogP contribution < -0.4 is 5.01 Å². The molecule has 3 rings (SSSR count). The second-order valence-corrected chi connectivity index (χ2v) is 7.46. The monoisotopic (exact) mass is 306 g/mol. The van der Waals surface area contributed by atoms with Crippen molar-refractivity contribution in [3.63, 3.8) is 0 Å². The Kier molecular flexibility index (Phi) is 3.02. The van der Waals surface area contributed by atoms with Crippen LogP contribution in [0.1, 0.15) is 0 Å². The summed E-state index contributed by atoms with van der Waals surface area (Å²) >= 11 is 1.49. The van der Waals surface area contributed by atoms with E-state index < -0.39 is 9.84 Å². The maximum Gasteiger partial charge on any atom is 0.175 e. The molecule has 1 aliphatic heterocycles. The van der Waals surface area contributed by atoms with Crippen LogP contribution in [-0.2, 0) is 9.84 Å². The molecular formula is C13H10N2O3S2. The van der Waals surface area contributed by atoms with Gasteiger partial charge < -0.3 is 0 Å². The minimum absolute atomic E-state index is 0.171. The van der Waals surface area contributed by atoms with E-state index in [1.165, 1.54) is 28.9 Å². The van der Waals surface area contributed by atoms with E-state index in [0.29, 0.717) is 11.4 Å². The lowest BCUT2D eigenvalue weighted by Crippen LogP contribution is -2.13. The summed E-state index contributed by atoms with van der Waals surface area (Å²) in [5.41, 5.74) is 1.15. The first-order chi connectivity index (χ1) is 9.50. The lowest BCUT2D eigenvalue weighted by atomic mass is 10.2. The van der Waals surface area contributed by atoms with Gasteiger partial charge in [-0.1, -0.05) is 23.9 Å². The Morgan fingerprint density at radius 3 is 2.45 bits per heavy atom. The number of benzene rings is 2. The van der Waals surface area contributed by atoms with E-state index in [1.54, 1.807) is 12.1 Å². The Morgan fingerprint density at radius 1 is 1.05 bits per heavy atom. The average molecular weight is 306 g/mol. The molecule has 0 fully saturated rings. The van der Waals surface area contributed by atoms with Gasteiger partial charge in [0.15, 0.2) is 9.84 Å². The molecule has 1 heterocycles. The molecule has 0 N–H and O–H groups in total. The van der Waals surface area contributed by atoms with Gasteiger partial charge in [-0.3, -0.25) is 0 Å². The first kappa shape index (κ1) is 13.1. The summed E-state index contributed by atoms with van der Waals surface area (Å²) in [6, 6.07) is 12.1. The number of fused-ring (bicyclic) bond motifs is 2. The van der Waals surface area contributed by atoms with E-state index in [-0.39, 0.29) is 4.90 Å². The van der Waals surface area contributed by atoms with Crippen LogP contribution in [0.3, 0.4) is 0 Å². The molecule has 20 heavy (non-hydrogen) atoms. The van der Waals surface area contributed by atoms with Crippen molar-refractivity contribution in [1.82, 2.24) is 0 Å². The molecule has 5 nitrogen and oxygen atoms in total. The Bertz CT molecular complexity index is 803. The Labute approximate surface area is 120 Å². The van der Waals surface area contributed by atoms with Gasteiger partial charge in [-0.2, -0.15) is 5.01 Å². The highest BCUT2D eigenvalue weighted by atomic mass is 32.2. The molecule has 0 saturated heterocycles. The predicted molar refractivity (Wildman–Crippen MR) is 78.1 cm³/mol. The van der Waals surface area contributed by atoms with Gasteiger partial charge in [-0.15, -0.1) is 4.91 Å². The highest BCUT2D eigenvalue weighted by molar-refractivity contribution is 7.99. The number of rotatable bonds is 2. The lowest BCUT2D eigenvalue weighted by molar-refractivity contribution is 0.602. The second kappa shape index (κ2) is 4.60. The third-order valence-corrected chi connectivity index (χ3v) is 5.22. The molecule has 0 spiro atoms. The standard InChI is InChI=1S/C13H10N2O3S2/c1-20(17,18)9-6-7-13-11(8-9)15(14-16)10-4-2-3-5-12(10)19-13/h2-8H,1H3. The van der Waals surface area contributed by atoms with Crippen LogP contribution in [0.15, 0.2) is 62.4 Å². The van der Waals surface area contributed by atoms with Crippen LogP contribution in [0.5, 0.6) is 0 Å². The Hall–Kier alpha value is -1.86. The maximum absolute atomic E-state index is 11.6. The minimum atomic E-state index is -3.32. The number of anilines is 2. The quantitative estimate of drug-likeness (QED) is 0.796. The van der Waals surface area contributed by atoms with Gasteiger partial charge in [0.2, 0.25) is 0 Å². The molecule has 7 heteroatoms. The number of nitrogens with zero attached hydrogens (tertiary/aromatic N) is 2. The fourth-order valence-corrected chi connectivity index (χ4v) is 3.70. The molecule has 2 aromatic carbocycles. The number of hydrogen-bond acceptors (Lipinski definition) is 5. The molecule has 102 valence electrons. The van der Waals surface area contributed by atoms with Crippen molar-refractivity contribution >= 4 is 33.0 Å². The molecule has 0 saturated carbocycles. The predicted octanol–water partition coefficient (Wildman–Crippen LogP) is 3.37. The van der Waals surface area contributed by atoms with Crippen LogP contribution in [0, 0.1) is 4.91 Å². The molecule has 0 atom stereocenters. The summed E-state index contributed by atoms with van der Waals surface area (Å²) < 4.78 is 23.3.